The maximum absolute atomic E-state index is 11.8. The van der Waals surface area contributed by atoms with Crippen LogP contribution in [0, 0.1) is 23.7 Å². The van der Waals surface area contributed by atoms with Gasteiger partial charge < -0.3 is 19.7 Å². The Morgan fingerprint density at radius 2 is 2.04 bits per heavy atom. The molecular formula is C21H30O5. The molecule has 1 fully saturated rings. The highest BCUT2D eigenvalue weighted by Gasteiger charge is 2.40. The van der Waals surface area contributed by atoms with Crippen LogP contribution in [-0.4, -0.2) is 40.3 Å². The lowest BCUT2D eigenvalue weighted by atomic mass is 9.62. The average molecular weight is 362 g/mol. The number of ether oxygens (including phenoxy) is 1. The number of carbonyl (C=O) groups excluding carboxylic acids is 2. The van der Waals surface area contributed by atoms with Gasteiger partial charge in [0.2, 0.25) is 0 Å². The number of hydrogen-bond donors (Lipinski definition) is 2. The fraction of sp³-hybridized carbons (Fsp3) is 0.714. The van der Waals surface area contributed by atoms with E-state index in [0.717, 1.165) is 18.4 Å². The quantitative estimate of drug-likeness (QED) is 0.735. The summed E-state index contributed by atoms with van der Waals surface area (Å²) in [5.74, 6) is 0.966. The molecule has 3 aliphatic rings. The molecule has 0 aromatic rings. The second-order valence-corrected chi connectivity index (χ2v) is 8.33. The second kappa shape index (κ2) is 8.05. The van der Waals surface area contributed by atoms with Crippen LogP contribution in [-0.2, 0) is 14.3 Å². The van der Waals surface area contributed by atoms with E-state index >= 15 is 0 Å². The van der Waals surface area contributed by atoms with E-state index in [0.29, 0.717) is 31.1 Å². The molecule has 0 bridgehead atoms. The first-order valence-electron chi connectivity index (χ1n) is 9.78. The van der Waals surface area contributed by atoms with Crippen LogP contribution in [0.3, 0.4) is 0 Å². The number of aliphatic hydroxyl groups excluding tert-OH is 2. The number of fused-ring (bicyclic) bond motifs is 1. The summed E-state index contributed by atoms with van der Waals surface area (Å²) in [5, 5.41) is 20.0. The lowest BCUT2D eigenvalue weighted by molar-refractivity contribution is -0.160. The van der Waals surface area contributed by atoms with Crippen LogP contribution in [0.15, 0.2) is 23.8 Å². The highest BCUT2D eigenvalue weighted by atomic mass is 16.5. The second-order valence-electron chi connectivity index (χ2n) is 8.33. The monoisotopic (exact) mass is 362 g/mol. The van der Waals surface area contributed by atoms with E-state index in [2.05, 4.69) is 19.1 Å². The predicted molar refractivity (Wildman–Crippen MR) is 97.1 cm³/mol. The van der Waals surface area contributed by atoms with Gasteiger partial charge in [-0.05, 0) is 55.4 Å². The standard InChI is InChI=1S/C21H30O5/c1-12-3-4-14-8-16(23)9-15(7-13(2)22)21(14)19(12)6-5-18-10-17(24)11-20(25)26-18/h3-4,8,12,15-19,21,23-24H,5-7,9-11H2,1-2H3. The summed E-state index contributed by atoms with van der Waals surface area (Å²) in [6.45, 7) is 3.81. The van der Waals surface area contributed by atoms with Gasteiger partial charge in [0.25, 0.3) is 0 Å². The van der Waals surface area contributed by atoms with Gasteiger partial charge >= 0.3 is 5.97 Å². The molecule has 3 rings (SSSR count). The zero-order valence-corrected chi connectivity index (χ0v) is 15.6. The number of ketones is 1. The summed E-state index contributed by atoms with van der Waals surface area (Å²) in [7, 11) is 0. The maximum atomic E-state index is 11.8. The van der Waals surface area contributed by atoms with Crippen molar-refractivity contribution in [3.05, 3.63) is 23.8 Å². The van der Waals surface area contributed by atoms with E-state index in [1.165, 1.54) is 0 Å². The molecule has 0 aromatic carbocycles. The van der Waals surface area contributed by atoms with Crippen molar-refractivity contribution in [2.75, 3.05) is 0 Å². The van der Waals surface area contributed by atoms with Crippen LogP contribution in [0.5, 0.6) is 0 Å². The Hall–Kier alpha value is -1.46. The Labute approximate surface area is 155 Å². The van der Waals surface area contributed by atoms with Crippen LogP contribution in [0.1, 0.15) is 52.4 Å². The number of carbonyl (C=O) groups is 2. The Kier molecular flexibility index (Phi) is 5.98. The molecule has 1 aliphatic heterocycles. The van der Waals surface area contributed by atoms with E-state index in [1.807, 2.05) is 6.08 Å². The molecule has 7 unspecified atom stereocenters. The first-order chi connectivity index (χ1) is 12.3. The summed E-state index contributed by atoms with van der Waals surface area (Å²) in [4.78, 5) is 23.3. The van der Waals surface area contributed by atoms with Crippen molar-refractivity contribution in [3.8, 4) is 0 Å². The molecule has 1 saturated heterocycles. The fourth-order valence-corrected chi connectivity index (χ4v) is 5.06. The van der Waals surface area contributed by atoms with Crippen LogP contribution < -0.4 is 0 Å². The van der Waals surface area contributed by atoms with Crippen molar-refractivity contribution in [1.29, 1.82) is 0 Å². The van der Waals surface area contributed by atoms with Crippen molar-refractivity contribution in [2.45, 2.75) is 70.7 Å². The highest BCUT2D eigenvalue weighted by molar-refractivity contribution is 5.75. The Balaban J connectivity index is 1.73. The summed E-state index contributed by atoms with van der Waals surface area (Å²) < 4.78 is 5.40. The largest absolute Gasteiger partial charge is 0.462 e. The molecule has 2 N–H and O–H groups in total. The third-order valence-corrected chi connectivity index (χ3v) is 6.16. The van der Waals surface area contributed by atoms with Crippen molar-refractivity contribution >= 4 is 11.8 Å². The summed E-state index contributed by atoms with van der Waals surface area (Å²) >= 11 is 0. The van der Waals surface area contributed by atoms with Crippen molar-refractivity contribution in [1.82, 2.24) is 0 Å². The van der Waals surface area contributed by atoms with Crippen LogP contribution >= 0.6 is 0 Å². The van der Waals surface area contributed by atoms with E-state index in [1.54, 1.807) is 6.92 Å². The van der Waals surface area contributed by atoms with Crippen LogP contribution in [0.4, 0.5) is 0 Å². The number of Topliss-reactive ketones (excluding diaryl/α,β-unsaturated/α-hetero) is 1. The predicted octanol–water partition coefficient (Wildman–Crippen LogP) is 2.56. The number of hydrogen-bond acceptors (Lipinski definition) is 5. The smallest absolute Gasteiger partial charge is 0.308 e. The van der Waals surface area contributed by atoms with Gasteiger partial charge in [0, 0.05) is 12.8 Å². The molecule has 1 heterocycles. The number of cyclic esters (lactones) is 1. The molecule has 26 heavy (non-hydrogen) atoms. The van der Waals surface area contributed by atoms with E-state index < -0.39 is 12.2 Å². The zero-order chi connectivity index (χ0) is 18.8. The van der Waals surface area contributed by atoms with E-state index in [-0.39, 0.29) is 36.1 Å². The van der Waals surface area contributed by atoms with E-state index in [4.69, 9.17) is 4.74 Å². The molecule has 0 spiro atoms. The first-order valence-corrected chi connectivity index (χ1v) is 9.78. The normalized spacial score (nSPS) is 39.8. The highest BCUT2D eigenvalue weighted by Crippen LogP contribution is 2.46. The van der Waals surface area contributed by atoms with Gasteiger partial charge in [-0.15, -0.1) is 0 Å². The van der Waals surface area contributed by atoms with Crippen LogP contribution in [0.2, 0.25) is 0 Å². The van der Waals surface area contributed by atoms with Gasteiger partial charge in [0.05, 0.1) is 18.6 Å². The van der Waals surface area contributed by atoms with Gasteiger partial charge in [-0.1, -0.05) is 25.2 Å². The van der Waals surface area contributed by atoms with E-state index in [9.17, 15) is 19.8 Å². The molecular weight excluding hydrogens is 332 g/mol. The molecule has 5 nitrogen and oxygen atoms in total. The lowest BCUT2D eigenvalue weighted by Crippen LogP contribution is -2.38. The first kappa shape index (κ1) is 19.3. The molecule has 5 heteroatoms. The lowest BCUT2D eigenvalue weighted by Gasteiger charge is -2.43. The third kappa shape index (κ3) is 4.44. The fourth-order valence-electron chi connectivity index (χ4n) is 5.06. The SMILES string of the molecule is CC(=O)CC1CC(O)C=C2C=CC(C)C(CCC3CC(O)CC(=O)O3)C21. The number of allylic oxidation sites excluding steroid dienone is 3. The number of esters is 1. The summed E-state index contributed by atoms with van der Waals surface area (Å²) in [6, 6.07) is 0. The topological polar surface area (TPSA) is 83.8 Å². The summed E-state index contributed by atoms with van der Waals surface area (Å²) in [6.07, 6.45) is 8.22. The molecule has 0 saturated carbocycles. The van der Waals surface area contributed by atoms with Crippen molar-refractivity contribution in [2.24, 2.45) is 23.7 Å². The van der Waals surface area contributed by atoms with Gasteiger partial charge in [-0.3, -0.25) is 4.79 Å². The molecule has 2 aliphatic carbocycles. The number of aliphatic hydroxyl groups is 2. The number of rotatable bonds is 5. The molecule has 0 aromatic heterocycles. The third-order valence-electron chi connectivity index (χ3n) is 6.16. The minimum Gasteiger partial charge on any atom is -0.462 e. The van der Waals surface area contributed by atoms with Gasteiger partial charge in [-0.2, -0.15) is 0 Å². The zero-order valence-electron chi connectivity index (χ0n) is 15.6. The molecule has 0 amide bonds. The molecule has 7 atom stereocenters. The Morgan fingerprint density at radius 3 is 2.73 bits per heavy atom. The van der Waals surface area contributed by atoms with Crippen LogP contribution in [0.25, 0.3) is 0 Å². The van der Waals surface area contributed by atoms with Gasteiger partial charge in [0.1, 0.15) is 11.9 Å². The maximum Gasteiger partial charge on any atom is 0.308 e. The van der Waals surface area contributed by atoms with Gasteiger partial charge in [-0.25, -0.2) is 0 Å². The minimum absolute atomic E-state index is 0.0904. The Morgan fingerprint density at radius 1 is 1.27 bits per heavy atom. The molecule has 0 radical (unpaired) electrons. The molecule has 144 valence electrons. The van der Waals surface area contributed by atoms with Crippen molar-refractivity contribution in [3.63, 3.8) is 0 Å². The minimum atomic E-state index is -0.601. The Bertz CT molecular complexity index is 608. The average Bonchev–Trinajstić information content (AvgIpc) is 2.52. The van der Waals surface area contributed by atoms with Gasteiger partial charge in [0.15, 0.2) is 0 Å². The summed E-state index contributed by atoms with van der Waals surface area (Å²) in [5.41, 5.74) is 1.14. The van der Waals surface area contributed by atoms with Crippen molar-refractivity contribution < 1.29 is 24.5 Å².